The predicted molar refractivity (Wildman–Crippen MR) is 63.5 cm³/mol. The van der Waals surface area contributed by atoms with E-state index in [1.807, 2.05) is 24.3 Å². The van der Waals surface area contributed by atoms with E-state index in [9.17, 15) is 4.79 Å². The van der Waals surface area contributed by atoms with Gasteiger partial charge in [0.1, 0.15) is 0 Å². The number of aromatic nitrogens is 3. The standard InChI is InChI=1S/C9H7IN4O/c10-6-2-1-3-7(4-6)12-9(15)8-5-11-14-13-8/h1-5H,(H,12,15)(H,11,13,14). The van der Waals surface area contributed by atoms with Gasteiger partial charge in [-0.2, -0.15) is 15.4 Å². The number of anilines is 1. The smallest absolute Gasteiger partial charge is 0.277 e. The number of rotatable bonds is 2. The molecule has 0 aliphatic rings. The maximum atomic E-state index is 11.6. The van der Waals surface area contributed by atoms with Crippen molar-refractivity contribution in [1.29, 1.82) is 0 Å². The second-order valence-electron chi connectivity index (χ2n) is 2.82. The Hall–Kier alpha value is -1.44. The second-order valence-corrected chi connectivity index (χ2v) is 4.07. The Bertz CT molecular complexity index is 469. The predicted octanol–water partition coefficient (Wildman–Crippen LogP) is 1.66. The number of hydrogen-bond acceptors (Lipinski definition) is 3. The minimum Gasteiger partial charge on any atom is -0.321 e. The molecule has 6 heteroatoms. The summed E-state index contributed by atoms with van der Waals surface area (Å²) in [5, 5.41) is 12.4. The summed E-state index contributed by atoms with van der Waals surface area (Å²) in [4.78, 5) is 11.6. The molecule has 2 N–H and O–H groups in total. The third-order valence-corrected chi connectivity index (χ3v) is 2.40. The third-order valence-electron chi connectivity index (χ3n) is 1.73. The maximum absolute atomic E-state index is 11.6. The van der Waals surface area contributed by atoms with Gasteiger partial charge in [0.25, 0.3) is 5.91 Å². The molecule has 0 saturated carbocycles. The van der Waals surface area contributed by atoms with Gasteiger partial charge >= 0.3 is 0 Å². The lowest BCUT2D eigenvalue weighted by Gasteiger charge is -2.02. The fraction of sp³-hybridized carbons (Fsp3) is 0. The molecule has 0 bridgehead atoms. The van der Waals surface area contributed by atoms with Crippen molar-refractivity contribution in [2.45, 2.75) is 0 Å². The number of hydrogen-bond donors (Lipinski definition) is 2. The molecular formula is C9H7IN4O. The summed E-state index contributed by atoms with van der Waals surface area (Å²) in [6.07, 6.45) is 1.38. The van der Waals surface area contributed by atoms with Crippen LogP contribution in [0.3, 0.4) is 0 Å². The molecule has 15 heavy (non-hydrogen) atoms. The highest BCUT2D eigenvalue weighted by Gasteiger charge is 2.08. The number of halogens is 1. The van der Waals surface area contributed by atoms with Crippen molar-refractivity contribution < 1.29 is 4.79 Å². The Morgan fingerprint density at radius 3 is 3.00 bits per heavy atom. The van der Waals surface area contributed by atoms with Crippen LogP contribution in [0.5, 0.6) is 0 Å². The van der Waals surface area contributed by atoms with Gasteiger partial charge < -0.3 is 5.32 Å². The van der Waals surface area contributed by atoms with Gasteiger partial charge in [-0.3, -0.25) is 4.79 Å². The van der Waals surface area contributed by atoms with E-state index in [1.165, 1.54) is 6.20 Å². The van der Waals surface area contributed by atoms with Crippen LogP contribution < -0.4 is 5.32 Å². The number of carbonyl (C=O) groups is 1. The highest BCUT2D eigenvalue weighted by molar-refractivity contribution is 14.1. The van der Waals surface area contributed by atoms with E-state index < -0.39 is 0 Å². The van der Waals surface area contributed by atoms with Crippen LogP contribution in [0.1, 0.15) is 10.5 Å². The van der Waals surface area contributed by atoms with Crippen molar-refractivity contribution in [3.8, 4) is 0 Å². The van der Waals surface area contributed by atoms with Gasteiger partial charge in [-0.25, -0.2) is 0 Å². The van der Waals surface area contributed by atoms with Gasteiger partial charge in [-0.05, 0) is 40.8 Å². The topological polar surface area (TPSA) is 70.7 Å². The zero-order chi connectivity index (χ0) is 10.7. The molecule has 1 aromatic carbocycles. The number of H-pyrrole nitrogens is 1. The first-order valence-corrected chi connectivity index (χ1v) is 5.26. The fourth-order valence-corrected chi connectivity index (χ4v) is 1.62. The Labute approximate surface area is 99.4 Å². The molecule has 1 aromatic heterocycles. The van der Waals surface area contributed by atoms with Gasteiger partial charge in [0.15, 0.2) is 5.69 Å². The Morgan fingerprint density at radius 1 is 1.47 bits per heavy atom. The number of aromatic amines is 1. The molecule has 0 aliphatic carbocycles. The van der Waals surface area contributed by atoms with Crippen molar-refractivity contribution in [3.63, 3.8) is 0 Å². The number of nitrogens with zero attached hydrogens (tertiary/aromatic N) is 2. The van der Waals surface area contributed by atoms with E-state index >= 15 is 0 Å². The van der Waals surface area contributed by atoms with Crippen LogP contribution in [0.25, 0.3) is 0 Å². The van der Waals surface area contributed by atoms with Gasteiger partial charge in [-0.15, -0.1) is 0 Å². The van der Waals surface area contributed by atoms with Crippen molar-refractivity contribution >= 4 is 34.2 Å². The Balaban J connectivity index is 2.13. The monoisotopic (exact) mass is 314 g/mol. The van der Waals surface area contributed by atoms with Crippen LogP contribution in [0.4, 0.5) is 5.69 Å². The number of carbonyl (C=O) groups excluding carboxylic acids is 1. The van der Waals surface area contributed by atoms with Crippen LogP contribution in [0.2, 0.25) is 0 Å². The first kappa shape index (κ1) is 10.1. The molecular weight excluding hydrogens is 307 g/mol. The summed E-state index contributed by atoms with van der Waals surface area (Å²) in [6, 6.07) is 7.52. The molecule has 0 fully saturated rings. The molecule has 1 heterocycles. The molecule has 76 valence electrons. The van der Waals surface area contributed by atoms with E-state index in [-0.39, 0.29) is 11.6 Å². The highest BCUT2D eigenvalue weighted by atomic mass is 127. The average Bonchev–Trinajstić information content (AvgIpc) is 2.70. The molecule has 0 aliphatic heterocycles. The Morgan fingerprint density at radius 2 is 2.33 bits per heavy atom. The van der Waals surface area contributed by atoms with E-state index in [4.69, 9.17) is 0 Å². The van der Waals surface area contributed by atoms with Crippen molar-refractivity contribution in [2.75, 3.05) is 5.32 Å². The Kier molecular flexibility index (Phi) is 2.95. The average molecular weight is 314 g/mol. The summed E-state index contributed by atoms with van der Waals surface area (Å²) in [5.74, 6) is -0.272. The molecule has 2 aromatic rings. The molecule has 0 radical (unpaired) electrons. The SMILES string of the molecule is O=C(Nc1cccc(I)c1)c1cn[nH]n1. The molecule has 0 saturated heterocycles. The van der Waals surface area contributed by atoms with E-state index in [1.54, 1.807) is 0 Å². The summed E-state index contributed by atoms with van der Waals surface area (Å²) in [6.45, 7) is 0. The first-order valence-electron chi connectivity index (χ1n) is 4.18. The van der Waals surface area contributed by atoms with Crippen molar-refractivity contribution in [3.05, 3.63) is 39.7 Å². The largest absolute Gasteiger partial charge is 0.321 e. The number of nitrogens with one attached hydrogen (secondary N) is 2. The van der Waals surface area contributed by atoms with Crippen LogP contribution >= 0.6 is 22.6 Å². The van der Waals surface area contributed by atoms with Crippen molar-refractivity contribution in [2.24, 2.45) is 0 Å². The van der Waals surface area contributed by atoms with Gasteiger partial charge in [0.05, 0.1) is 6.20 Å². The van der Waals surface area contributed by atoms with Gasteiger partial charge in [0.2, 0.25) is 0 Å². The third kappa shape index (κ3) is 2.52. The molecule has 5 nitrogen and oxygen atoms in total. The summed E-state index contributed by atoms with van der Waals surface area (Å²) in [7, 11) is 0. The molecule has 1 amide bonds. The molecule has 0 spiro atoms. The summed E-state index contributed by atoms with van der Waals surface area (Å²) in [5.41, 5.74) is 1.02. The zero-order valence-corrected chi connectivity index (χ0v) is 9.72. The minimum absolute atomic E-state index is 0.272. The lowest BCUT2D eigenvalue weighted by atomic mass is 10.3. The first-order chi connectivity index (χ1) is 7.25. The highest BCUT2D eigenvalue weighted by Crippen LogP contribution is 2.12. The van der Waals surface area contributed by atoms with Crippen molar-refractivity contribution in [1.82, 2.24) is 15.4 Å². The summed E-state index contributed by atoms with van der Waals surface area (Å²) < 4.78 is 1.06. The molecule has 0 atom stereocenters. The second kappa shape index (κ2) is 4.39. The van der Waals surface area contributed by atoms with Gasteiger partial charge in [-0.1, -0.05) is 6.07 Å². The normalized spacial score (nSPS) is 9.93. The molecule has 2 rings (SSSR count). The van der Waals surface area contributed by atoms with E-state index in [0.29, 0.717) is 0 Å². The number of benzene rings is 1. The van der Waals surface area contributed by atoms with Crippen LogP contribution in [-0.2, 0) is 0 Å². The van der Waals surface area contributed by atoms with Crippen LogP contribution in [-0.4, -0.2) is 21.3 Å². The zero-order valence-electron chi connectivity index (χ0n) is 7.57. The fourth-order valence-electron chi connectivity index (χ4n) is 1.07. The molecule has 0 unspecified atom stereocenters. The van der Waals surface area contributed by atoms with Crippen LogP contribution in [0.15, 0.2) is 30.5 Å². The quantitative estimate of drug-likeness (QED) is 0.828. The van der Waals surface area contributed by atoms with E-state index in [0.717, 1.165) is 9.26 Å². The number of amides is 1. The van der Waals surface area contributed by atoms with E-state index in [2.05, 4.69) is 43.3 Å². The van der Waals surface area contributed by atoms with Gasteiger partial charge in [0, 0.05) is 9.26 Å². The lowest BCUT2D eigenvalue weighted by Crippen LogP contribution is -2.12. The lowest BCUT2D eigenvalue weighted by molar-refractivity contribution is 0.102. The maximum Gasteiger partial charge on any atom is 0.277 e. The summed E-state index contributed by atoms with van der Waals surface area (Å²) >= 11 is 2.18. The minimum atomic E-state index is -0.272. The van der Waals surface area contributed by atoms with Crippen LogP contribution in [0, 0.1) is 3.57 Å².